The minimum absolute atomic E-state index is 0.162. The molecule has 2 heterocycles. The summed E-state index contributed by atoms with van der Waals surface area (Å²) in [7, 11) is 2.17. The van der Waals surface area contributed by atoms with Crippen LogP contribution in [0.2, 0.25) is 0 Å². The van der Waals surface area contributed by atoms with Crippen LogP contribution in [0.4, 0.5) is 0 Å². The number of hydrogen-bond acceptors (Lipinski definition) is 4. The van der Waals surface area contributed by atoms with Crippen molar-refractivity contribution in [2.45, 2.75) is 68.6 Å². The zero-order chi connectivity index (χ0) is 14.1. The summed E-state index contributed by atoms with van der Waals surface area (Å²) in [5, 5.41) is 10.7. The average Bonchev–Trinajstić information content (AvgIpc) is 2.87. The maximum Gasteiger partial charge on any atom is 0.0817 e. The van der Waals surface area contributed by atoms with E-state index in [0.29, 0.717) is 19.3 Å². The lowest BCUT2D eigenvalue weighted by molar-refractivity contribution is -0.118. The molecular formula is C16H29NO3. The highest BCUT2D eigenvalue weighted by Crippen LogP contribution is 2.41. The second-order valence-corrected chi connectivity index (χ2v) is 7.14. The molecule has 1 saturated carbocycles. The van der Waals surface area contributed by atoms with Crippen LogP contribution in [0.25, 0.3) is 0 Å². The smallest absolute Gasteiger partial charge is 0.0817 e. The predicted octanol–water partition coefficient (Wildman–Crippen LogP) is 1.95. The van der Waals surface area contributed by atoms with Crippen molar-refractivity contribution in [3.8, 4) is 0 Å². The molecule has 0 bridgehead atoms. The molecule has 4 nitrogen and oxygen atoms in total. The number of nitrogens with zero attached hydrogens (tertiary/aromatic N) is 1. The van der Waals surface area contributed by atoms with Gasteiger partial charge in [0.1, 0.15) is 0 Å². The Kier molecular flexibility index (Phi) is 4.37. The molecule has 3 fully saturated rings. The molecule has 0 radical (unpaired) electrons. The summed E-state index contributed by atoms with van der Waals surface area (Å²) in [6.45, 7) is 3.05. The topological polar surface area (TPSA) is 41.9 Å². The average molecular weight is 283 g/mol. The van der Waals surface area contributed by atoms with Gasteiger partial charge in [-0.2, -0.15) is 0 Å². The number of aliphatic hydroxyl groups is 1. The van der Waals surface area contributed by atoms with Crippen molar-refractivity contribution in [2.75, 3.05) is 33.4 Å². The molecule has 0 amide bonds. The van der Waals surface area contributed by atoms with Gasteiger partial charge in [-0.3, -0.25) is 0 Å². The summed E-state index contributed by atoms with van der Waals surface area (Å²) in [5.74, 6) is 0. The lowest BCUT2D eigenvalue weighted by Gasteiger charge is -2.44. The van der Waals surface area contributed by atoms with E-state index >= 15 is 0 Å². The van der Waals surface area contributed by atoms with Gasteiger partial charge in [-0.1, -0.05) is 12.8 Å². The first-order valence-corrected chi connectivity index (χ1v) is 8.25. The van der Waals surface area contributed by atoms with Gasteiger partial charge < -0.3 is 19.5 Å². The number of rotatable bonds is 3. The van der Waals surface area contributed by atoms with Crippen molar-refractivity contribution in [3.63, 3.8) is 0 Å². The van der Waals surface area contributed by atoms with Crippen LogP contribution in [0.3, 0.4) is 0 Å². The fourth-order valence-corrected chi connectivity index (χ4v) is 4.25. The zero-order valence-corrected chi connectivity index (χ0v) is 12.8. The summed E-state index contributed by atoms with van der Waals surface area (Å²) in [6.07, 6.45) is 8.89. The molecule has 0 aromatic rings. The van der Waals surface area contributed by atoms with Crippen molar-refractivity contribution in [1.29, 1.82) is 0 Å². The SMILES string of the molecule is CN(CC1(O)CCOCC1)C1CCOC2(CCCC2)C1. The monoisotopic (exact) mass is 283 g/mol. The van der Waals surface area contributed by atoms with Gasteiger partial charge in [0.25, 0.3) is 0 Å². The molecular weight excluding hydrogens is 254 g/mol. The van der Waals surface area contributed by atoms with Crippen molar-refractivity contribution in [1.82, 2.24) is 4.90 Å². The Bertz CT molecular complexity index is 322. The third-order valence-electron chi connectivity index (χ3n) is 5.57. The largest absolute Gasteiger partial charge is 0.388 e. The molecule has 4 heteroatoms. The normalized spacial score (nSPS) is 32.9. The maximum atomic E-state index is 10.7. The van der Waals surface area contributed by atoms with Crippen LogP contribution >= 0.6 is 0 Å². The minimum Gasteiger partial charge on any atom is -0.388 e. The molecule has 1 unspecified atom stereocenters. The molecule has 3 rings (SSSR count). The van der Waals surface area contributed by atoms with Gasteiger partial charge in [-0.15, -0.1) is 0 Å². The van der Waals surface area contributed by atoms with Gasteiger partial charge in [0.05, 0.1) is 11.2 Å². The Labute approximate surface area is 122 Å². The maximum absolute atomic E-state index is 10.7. The highest BCUT2D eigenvalue weighted by atomic mass is 16.5. The van der Waals surface area contributed by atoms with Gasteiger partial charge >= 0.3 is 0 Å². The van der Waals surface area contributed by atoms with Gasteiger partial charge in [-0.25, -0.2) is 0 Å². The highest BCUT2D eigenvalue weighted by Gasteiger charge is 2.42. The fraction of sp³-hybridized carbons (Fsp3) is 1.00. The van der Waals surface area contributed by atoms with Crippen LogP contribution in [-0.2, 0) is 9.47 Å². The van der Waals surface area contributed by atoms with E-state index < -0.39 is 5.60 Å². The molecule has 1 aliphatic carbocycles. The third kappa shape index (κ3) is 3.19. The summed E-state index contributed by atoms with van der Waals surface area (Å²) in [5.41, 5.74) is -0.385. The molecule has 20 heavy (non-hydrogen) atoms. The standard InChI is InChI=1S/C16H29NO3/c1-17(13-15(18)7-10-19-11-8-15)14-4-9-20-16(12-14)5-2-3-6-16/h14,18H,2-13H2,1H3. The minimum atomic E-state index is -0.547. The second kappa shape index (κ2) is 5.91. The molecule has 0 aromatic carbocycles. The van der Waals surface area contributed by atoms with E-state index in [1.165, 1.54) is 25.7 Å². The number of likely N-dealkylation sites (N-methyl/N-ethyl adjacent to an activating group) is 1. The van der Waals surface area contributed by atoms with Crippen molar-refractivity contribution < 1.29 is 14.6 Å². The lowest BCUT2D eigenvalue weighted by atomic mass is 9.87. The zero-order valence-electron chi connectivity index (χ0n) is 12.8. The van der Waals surface area contributed by atoms with Gasteiger partial charge in [-0.05, 0) is 32.7 Å². The molecule has 2 aliphatic heterocycles. The number of ether oxygens (including phenoxy) is 2. The fourth-order valence-electron chi connectivity index (χ4n) is 4.25. The predicted molar refractivity (Wildman–Crippen MR) is 77.8 cm³/mol. The summed E-state index contributed by atoms with van der Waals surface area (Å²) < 4.78 is 11.5. The third-order valence-corrected chi connectivity index (χ3v) is 5.57. The number of hydrogen-bond donors (Lipinski definition) is 1. The Morgan fingerprint density at radius 3 is 2.50 bits per heavy atom. The Balaban J connectivity index is 1.57. The van der Waals surface area contributed by atoms with E-state index in [-0.39, 0.29) is 5.60 Å². The van der Waals surface area contributed by atoms with E-state index in [4.69, 9.17) is 9.47 Å². The van der Waals surface area contributed by atoms with Gasteiger partial charge in [0.2, 0.25) is 0 Å². The summed E-state index contributed by atoms with van der Waals surface area (Å²) in [6, 6.07) is 0.564. The van der Waals surface area contributed by atoms with Crippen LogP contribution in [0.5, 0.6) is 0 Å². The summed E-state index contributed by atoms with van der Waals surface area (Å²) >= 11 is 0. The van der Waals surface area contributed by atoms with Crippen LogP contribution < -0.4 is 0 Å². The Hall–Kier alpha value is -0.160. The first-order chi connectivity index (χ1) is 9.61. The van der Waals surface area contributed by atoms with Crippen molar-refractivity contribution in [2.24, 2.45) is 0 Å². The van der Waals surface area contributed by atoms with Crippen molar-refractivity contribution >= 4 is 0 Å². The molecule has 116 valence electrons. The summed E-state index contributed by atoms with van der Waals surface area (Å²) in [4.78, 5) is 2.38. The van der Waals surface area contributed by atoms with E-state index in [2.05, 4.69) is 11.9 Å². The van der Waals surface area contributed by atoms with E-state index in [0.717, 1.165) is 38.8 Å². The first kappa shape index (κ1) is 14.8. The highest BCUT2D eigenvalue weighted by molar-refractivity contribution is 4.95. The van der Waals surface area contributed by atoms with Gasteiger partial charge in [0.15, 0.2) is 0 Å². The van der Waals surface area contributed by atoms with Crippen LogP contribution in [-0.4, -0.2) is 60.7 Å². The molecule has 0 aromatic heterocycles. The molecule has 1 N–H and O–H groups in total. The van der Waals surface area contributed by atoms with Crippen LogP contribution in [0, 0.1) is 0 Å². The van der Waals surface area contributed by atoms with E-state index in [9.17, 15) is 5.11 Å². The Morgan fingerprint density at radius 1 is 1.10 bits per heavy atom. The van der Waals surface area contributed by atoms with Crippen LogP contribution in [0.15, 0.2) is 0 Å². The van der Waals surface area contributed by atoms with Gasteiger partial charge in [0, 0.05) is 45.2 Å². The molecule has 2 saturated heterocycles. The first-order valence-electron chi connectivity index (χ1n) is 8.25. The molecule has 1 atom stereocenters. The Morgan fingerprint density at radius 2 is 1.80 bits per heavy atom. The van der Waals surface area contributed by atoms with E-state index in [1.54, 1.807) is 0 Å². The molecule has 1 spiro atoms. The second-order valence-electron chi connectivity index (χ2n) is 7.14. The lowest BCUT2D eigenvalue weighted by Crippen LogP contribution is -2.52. The molecule has 3 aliphatic rings. The van der Waals surface area contributed by atoms with Crippen molar-refractivity contribution in [3.05, 3.63) is 0 Å². The van der Waals surface area contributed by atoms with E-state index in [1.807, 2.05) is 0 Å². The quantitative estimate of drug-likeness (QED) is 0.859. The van der Waals surface area contributed by atoms with Crippen LogP contribution in [0.1, 0.15) is 51.4 Å².